The van der Waals surface area contributed by atoms with Crippen LogP contribution in [0.25, 0.3) is 0 Å². The summed E-state index contributed by atoms with van der Waals surface area (Å²) in [6.07, 6.45) is 1.74. The molecule has 0 amide bonds. The summed E-state index contributed by atoms with van der Waals surface area (Å²) in [5.74, 6) is 0.263. The average Bonchev–Trinajstić information content (AvgIpc) is 2.24. The van der Waals surface area contributed by atoms with Crippen LogP contribution >= 0.6 is 7.49 Å². The molecule has 0 saturated carbocycles. The Kier molecular flexibility index (Phi) is 2.96. The molecule has 15 heavy (non-hydrogen) atoms. The van der Waals surface area contributed by atoms with Crippen molar-refractivity contribution in [2.45, 2.75) is 0 Å². The van der Waals surface area contributed by atoms with Gasteiger partial charge in [0.15, 0.2) is 0 Å². The van der Waals surface area contributed by atoms with Gasteiger partial charge in [-0.2, -0.15) is 0 Å². The van der Waals surface area contributed by atoms with Gasteiger partial charge in [0.2, 0.25) is 0 Å². The summed E-state index contributed by atoms with van der Waals surface area (Å²) >= 11 is 0. The molecule has 2 N–H and O–H groups in total. The smallest absolute Gasteiger partial charge is 0.115 e. The molecule has 2 rings (SSSR count). The third kappa shape index (κ3) is 2.31. The van der Waals surface area contributed by atoms with Gasteiger partial charge in [0.25, 0.3) is 0 Å². The summed E-state index contributed by atoms with van der Waals surface area (Å²) < 4.78 is 0. The summed E-state index contributed by atoms with van der Waals surface area (Å²) in [4.78, 5) is 12.8. The first-order valence-corrected chi connectivity index (χ1v) is 7.29. The summed E-state index contributed by atoms with van der Waals surface area (Å²) in [5.41, 5.74) is 0. The zero-order valence-corrected chi connectivity index (χ0v) is 9.82. The molecule has 3 nitrogen and oxygen atoms in total. The Hall–Kier alpha value is -0.630. The number of benzene rings is 1. The second-order valence-corrected chi connectivity index (χ2v) is 7.45. The van der Waals surface area contributed by atoms with Crippen molar-refractivity contribution in [3.8, 4) is 5.75 Å². The van der Waals surface area contributed by atoms with Crippen molar-refractivity contribution < 1.29 is 10.00 Å². The van der Waals surface area contributed by atoms with Crippen LogP contribution in [0.5, 0.6) is 5.75 Å². The predicted octanol–water partition coefficient (Wildman–Crippen LogP) is 0.888. The van der Waals surface area contributed by atoms with E-state index in [0.29, 0.717) is 0 Å². The minimum absolute atomic E-state index is 0.263. The Labute approximate surface area is 90.8 Å². The van der Waals surface area contributed by atoms with E-state index in [1.165, 1.54) is 0 Å². The maximum absolute atomic E-state index is 10.6. The minimum Gasteiger partial charge on any atom is -0.508 e. The van der Waals surface area contributed by atoms with Gasteiger partial charge in [0, 0.05) is 32.9 Å². The number of phenolic OH excluding ortho intramolecular Hbond substituents is 1. The molecule has 0 bridgehead atoms. The fraction of sp³-hybridized carbons (Fsp3) is 0.455. The van der Waals surface area contributed by atoms with E-state index in [1.54, 1.807) is 12.1 Å². The molecule has 1 fully saturated rings. The van der Waals surface area contributed by atoms with Crippen molar-refractivity contribution in [1.82, 2.24) is 4.90 Å². The van der Waals surface area contributed by atoms with Crippen molar-refractivity contribution in [2.24, 2.45) is 0 Å². The molecule has 1 aromatic rings. The lowest BCUT2D eigenvalue weighted by Crippen LogP contribution is -2.36. The summed E-state index contributed by atoms with van der Waals surface area (Å²) in [6.45, 7) is 1.93. The number of phenols is 1. The summed E-state index contributed by atoms with van der Waals surface area (Å²) in [5, 5.41) is 10.2. The van der Waals surface area contributed by atoms with E-state index in [4.69, 9.17) is 0 Å². The SMILES string of the molecule is CN1CC[P](O)(c2ccc(O)cc2)CC1. The van der Waals surface area contributed by atoms with Gasteiger partial charge in [-0.05, 0) is 36.6 Å². The number of aromatic hydroxyl groups is 1. The normalized spacial score (nSPS) is 21.5. The van der Waals surface area contributed by atoms with E-state index in [0.717, 1.165) is 30.7 Å². The first-order chi connectivity index (χ1) is 7.10. The molecule has 1 aliphatic rings. The number of hydrogen-bond donors (Lipinski definition) is 2. The lowest BCUT2D eigenvalue weighted by molar-refractivity contribution is 0.356. The van der Waals surface area contributed by atoms with E-state index in [2.05, 4.69) is 11.9 Å². The van der Waals surface area contributed by atoms with Crippen LogP contribution in [0.4, 0.5) is 0 Å². The highest BCUT2D eigenvalue weighted by Crippen LogP contribution is 2.54. The van der Waals surface area contributed by atoms with E-state index in [9.17, 15) is 10.00 Å². The van der Waals surface area contributed by atoms with Gasteiger partial charge in [0.1, 0.15) is 5.75 Å². The van der Waals surface area contributed by atoms with Gasteiger partial charge in [-0.25, -0.2) is 0 Å². The standard InChI is InChI=1S/C11H17NO2P/c1-12-6-8-15(14,9-7-12)11-4-2-10(13)3-5-11/h2-5,13-14H,6-9H2,1H3. The zero-order chi connectivity index (χ0) is 10.9. The van der Waals surface area contributed by atoms with Crippen LogP contribution in [0, 0.1) is 0 Å². The van der Waals surface area contributed by atoms with Crippen LogP contribution in [0.3, 0.4) is 0 Å². The predicted molar refractivity (Wildman–Crippen MR) is 64.1 cm³/mol. The van der Waals surface area contributed by atoms with E-state index < -0.39 is 7.49 Å². The molecule has 0 spiro atoms. The van der Waals surface area contributed by atoms with E-state index in [-0.39, 0.29) is 5.75 Å². The van der Waals surface area contributed by atoms with Crippen molar-refractivity contribution in [2.75, 3.05) is 32.5 Å². The van der Waals surface area contributed by atoms with Crippen LogP contribution < -0.4 is 5.30 Å². The molecule has 1 aromatic carbocycles. The molecule has 1 radical (unpaired) electrons. The Morgan fingerprint density at radius 3 is 2.20 bits per heavy atom. The highest BCUT2D eigenvalue weighted by Gasteiger charge is 2.30. The van der Waals surface area contributed by atoms with Gasteiger partial charge in [-0.15, -0.1) is 0 Å². The largest absolute Gasteiger partial charge is 0.508 e. The molecule has 83 valence electrons. The third-order valence-corrected chi connectivity index (χ3v) is 6.17. The monoisotopic (exact) mass is 226 g/mol. The average molecular weight is 226 g/mol. The second kappa shape index (κ2) is 4.09. The maximum Gasteiger partial charge on any atom is 0.115 e. The van der Waals surface area contributed by atoms with Gasteiger partial charge in [-0.3, -0.25) is 0 Å². The summed E-state index contributed by atoms with van der Waals surface area (Å²) in [7, 11) is 0.158. The molecule has 0 aliphatic carbocycles. The van der Waals surface area contributed by atoms with Gasteiger partial charge in [0.05, 0.1) is 0 Å². The highest BCUT2D eigenvalue weighted by molar-refractivity contribution is 7.77. The van der Waals surface area contributed by atoms with Crippen molar-refractivity contribution in [3.05, 3.63) is 24.3 Å². The van der Waals surface area contributed by atoms with Crippen molar-refractivity contribution in [1.29, 1.82) is 0 Å². The first kappa shape index (κ1) is 10.9. The van der Waals surface area contributed by atoms with Crippen molar-refractivity contribution in [3.63, 3.8) is 0 Å². The molecule has 4 heteroatoms. The minimum atomic E-state index is -1.93. The maximum atomic E-state index is 10.6. The van der Waals surface area contributed by atoms with Gasteiger partial charge >= 0.3 is 0 Å². The number of rotatable bonds is 1. The number of hydrogen-bond acceptors (Lipinski definition) is 3. The van der Waals surface area contributed by atoms with Crippen LogP contribution in [0.1, 0.15) is 0 Å². The quantitative estimate of drug-likeness (QED) is 0.699. The van der Waals surface area contributed by atoms with Crippen LogP contribution in [-0.4, -0.2) is 47.4 Å². The fourth-order valence-corrected chi connectivity index (χ4v) is 4.67. The van der Waals surface area contributed by atoms with Crippen LogP contribution in [-0.2, 0) is 0 Å². The van der Waals surface area contributed by atoms with Crippen LogP contribution in [0.2, 0.25) is 0 Å². The van der Waals surface area contributed by atoms with Crippen molar-refractivity contribution >= 4 is 12.8 Å². The first-order valence-electron chi connectivity index (χ1n) is 5.18. The van der Waals surface area contributed by atoms with E-state index >= 15 is 0 Å². The Balaban J connectivity index is 2.18. The Bertz CT molecular complexity index is 331. The lowest BCUT2D eigenvalue weighted by Gasteiger charge is -2.38. The zero-order valence-electron chi connectivity index (χ0n) is 8.93. The fourth-order valence-electron chi connectivity index (χ4n) is 1.88. The Morgan fingerprint density at radius 2 is 1.67 bits per heavy atom. The second-order valence-electron chi connectivity index (χ2n) is 4.19. The molecule has 0 atom stereocenters. The van der Waals surface area contributed by atoms with Gasteiger partial charge < -0.3 is 14.9 Å². The molecular formula is C11H17NO2P. The Morgan fingerprint density at radius 1 is 1.13 bits per heavy atom. The topological polar surface area (TPSA) is 43.7 Å². The number of nitrogens with zero attached hydrogens (tertiary/aromatic N) is 1. The molecule has 1 heterocycles. The molecular weight excluding hydrogens is 209 g/mol. The summed E-state index contributed by atoms with van der Waals surface area (Å²) in [6, 6.07) is 7.03. The molecule has 1 aliphatic heterocycles. The molecule has 0 unspecified atom stereocenters. The van der Waals surface area contributed by atoms with Gasteiger partial charge in [-0.1, -0.05) is 0 Å². The molecule has 1 saturated heterocycles. The third-order valence-electron chi connectivity index (χ3n) is 3.03. The van der Waals surface area contributed by atoms with Crippen LogP contribution in [0.15, 0.2) is 24.3 Å². The highest BCUT2D eigenvalue weighted by atomic mass is 31.2. The lowest BCUT2D eigenvalue weighted by atomic mass is 10.3. The van der Waals surface area contributed by atoms with E-state index in [1.807, 2.05) is 12.1 Å². The molecule has 0 aromatic heterocycles.